The molecule has 0 unspecified atom stereocenters. The molecule has 1 fully saturated rings. The van der Waals surface area contributed by atoms with Crippen LogP contribution in [0.1, 0.15) is 133 Å². The van der Waals surface area contributed by atoms with Crippen LogP contribution in [0.5, 0.6) is 5.75 Å². The average molecular weight is 846 g/mol. The molecule has 58 heavy (non-hydrogen) atoms. The molecular formula is C43H67N5O8S2. The second-order valence-electron chi connectivity index (χ2n) is 16.1. The number of aliphatic carboxylic acids is 1. The van der Waals surface area contributed by atoms with Crippen molar-refractivity contribution in [2.24, 2.45) is 17.8 Å². The van der Waals surface area contributed by atoms with Crippen LogP contribution < -0.4 is 10.6 Å². The van der Waals surface area contributed by atoms with Gasteiger partial charge in [-0.2, -0.15) is 0 Å². The maximum absolute atomic E-state index is 14.9. The van der Waals surface area contributed by atoms with Crippen molar-refractivity contribution in [2.75, 3.05) is 25.2 Å². The number of carboxylic acid groups (broad SMARTS) is 1. The molecule has 324 valence electrons. The molecule has 0 saturated carbocycles. The van der Waals surface area contributed by atoms with E-state index < -0.39 is 48.0 Å². The molecule has 1 aromatic carbocycles. The summed E-state index contributed by atoms with van der Waals surface area (Å²) in [4.78, 5) is 75.2. The number of carboxylic acids is 1. The number of aromatic nitrogens is 1. The number of rotatable bonds is 24. The Morgan fingerprint density at radius 1 is 1.03 bits per heavy atom. The number of aromatic hydroxyl groups is 1. The molecule has 2 aromatic rings. The summed E-state index contributed by atoms with van der Waals surface area (Å²) in [7, 11) is 1.95. The first-order valence-corrected chi connectivity index (χ1v) is 22.9. The summed E-state index contributed by atoms with van der Waals surface area (Å²) in [6.07, 6.45) is 6.46. The summed E-state index contributed by atoms with van der Waals surface area (Å²) in [5.41, 5.74) is 0.914. The highest BCUT2D eigenvalue weighted by atomic mass is 32.2. The van der Waals surface area contributed by atoms with Crippen molar-refractivity contribution in [1.82, 2.24) is 25.4 Å². The Bertz CT molecular complexity index is 1620. The van der Waals surface area contributed by atoms with Crippen LogP contribution in [0.4, 0.5) is 0 Å². The Balaban J connectivity index is 1.93. The van der Waals surface area contributed by atoms with Crippen LogP contribution in [0.15, 0.2) is 29.6 Å². The normalized spacial score (nSPS) is 17.7. The molecule has 7 atom stereocenters. The van der Waals surface area contributed by atoms with E-state index >= 15 is 0 Å². The van der Waals surface area contributed by atoms with Crippen LogP contribution in [0, 0.1) is 17.8 Å². The van der Waals surface area contributed by atoms with Crippen molar-refractivity contribution in [2.45, 2.75) is 143 Å². The number of nitrogens with one attached hydrogen (secondary N) is 2. The van der Waals surface area contributed by atoms with Gasteiger partial charge in [-0.25, -0.2) is 4.98 Å². The quantitative estimate of drug-likeness (QED) is 0.0484. The molecule has 2 heterocycles. The zero-order valence-electron chi connectivity index (χ0n) is 35.7. The van der Waals surface area contributed by atoms with Gasteiger partial charge in [0.25, 0.3) is 5.91 Å². The van der Waals surface area contributed by atoms with Gasteiger partial charge in [-0.3, -0.25) is 28.9 Å². The summed E-state index contributed by atoms with van der Waals surface area (Å²) in [6, 6.07) is 4.53. The maximum Gasteiger partial charge on any atom is 0.306 e. The minimum Gasteiger partial charge on any atom is -0.508 e. The van der Waals surface area contributed by atoms with Crippen molar-refractivity contribution in [3.05, 3.63) is 45.9 Å². The first-order chi connectivity index (χ1) is 27.6. The molecule has 1 aromatic heterocycles. The van der Waals surface area contributed by atoms with Crippen LogP contribution in [-0.4, -0.2) is 104 Å². The van der Waals surface area contributed by atoms with Crippen LogP contribution in [0.3, 0.4) is 0 Å². The molecule has 1 aliphatic rings. The third-order valence-electron chi connectivity index (χ3n) is 11.0. The average Bonchev–Trinajstić information content (AvgIpc) is 3.68. The number of thiazole rings is 1. The zero-order chi connectivity index (χ0) is 42.9. The number of thioether (sulfide) groups is 1. The lowest BCUT2D eigenvalue weighted by Gasteiger charge is -2.40. The number of unbranched alkanes of at least 4 members (excludes halogenated alkanes) is 2. The van der Waals surface area contributed by atoms with Gasteiger partial charge in [-0.05, 0) is 81.0 Å². The van der Waals surface area contributed by atoms with Crippen LogP contribution in [0.25, 0.3) is 0 Å². The van der Waals surface area contributed by atoms with E-state index in [1.807, 2.05) is 39.6 Å². The van der Waals surface area contributed by atoms with E-state index in [-0.39, 0.29) is 54.0 Å². The van der Waals surface area contributed by atoms with Gasteiger partial charge in [0.15, 0.2) is 6.10 Å². The number of phenols is 1. The van der Waals surface area contributed by atoms with Gasteiger partial charge in [0.05, 0.1) is 17.8 Å². The van der Waals surface area contributed by atoms with Crippen molar-refractivity contribution in [1.29, 1.82) is 0 Å². The molecule has 3 amide bonds. The van der Waals surface area contributed by atoms with Gasteiger partial charge < -0.3 is 30.5 Å². The lowest BCUT2D eigenvalue weighted by molar-refractivity contribution is -0.149. The van der Waals surface area contributed by atoms with Crippen molar-refractivity contribution < 1.29 is 38.9 Å². The fourth-order valence-corrected chi connectivity index (χ4v) is 9.16. The summed E-state index contributed by atoms with van der Waals surface area (Å²) < 4.78 is 5.90. The number of hydrogen-bond donors (Lipinski definition) is 4. The van der Waals surface area contributed by atoms with Gasteiger partial charge in [0, 0.05) is 30.8 Å². The van der Waals surface area contributed by atoms with Crippen molar-refractivity contribution in [3.63, 3.8) is 0 Å². The second kappa shape index (κ2) is 24.4. The number of hydrogen-bond acceptors (Lipinski definition) is 11. The highest BCUT2D eigenvalue weighted by Gasteiger charge is 2.39. The van der Waals surface area contributed by atoms with E-state index in [1.54, 1.807) is 36.2 Å². The van der Waals surface area contributed by atoms with Crippen LogP contribution >= 0.6 is 23.1 Å². The Morgan fingerprint density at radius 3 is 2.34 bits per heavy atom. The lowest BCUT2D eigenvalue weighted by atomic mass is 9.92. The van der Waals surface area contributed by atoms with Gasteiger partial charge in [0.1, 0.15) is 22.5 Å². The number of likely N-dealkylation sites (N-methyl/N-ethyl adjacent to an activating group) is 1. The summed E-state index contributed by atoms with van der Waals surface area (Å²) in [5, 5.41) is 27.5. The molecule has 1 aliphatic heterocycles. The van der Waals surface area contributed by atoms with Crippen molar-refractivity contribution >= 4 is 52.8 Å². The fraction of sp³-hybridized carbons (Fsp3) is 0.674. The summed E-state index contributed by atoms with van der Waals surface area (Å²) in [5.74, 6) is -1.88. The predicted octanol–water partition coefficient (Wildman–Crippen LogP) is 7.04. The number of likely N-dealkylation sites (tertiary alicyclic amines) is 1. The maximum atomic E-state index is 14.9. The van der Waals surface area contributed by atoms with Gasteiger partial charge in [-0.15, -0.1) is 23.1 Å². The van der Waals surface area contributed by atoms with E-state index in [0.29, 0.717) is 23.7 Å². The molecule has 13 nitrogen and oxygen atoms in total. The van der Waals surface area contributed by atoms with Crippen LogP contribution in [-0.2, 0) is 30.3 Å². The highest BCUT2D eigenvalue weighted by molar-refractivity contribution is 7.99. The number of nitrogens with zero attached hydrogens (tertiary/aromatic N) is 3. The number of carbonyl (C=O) groups excluding carboxylic acids is 4. The third-order valence-corrected chi connectivity index (χ3v) is 13.0. The first-order valence-electron chi connectivity index (χ1n) is 20.9. The second-order valence-corrected chi connectivity index (χ2v) is 18.1. The van der Waals surface area contributed by atoms with E-state index in [1.165, 1.54) is 30.4 Å². The van der Waals surface area contributed by atoms with Gasteiger partial charge in [0.2, 0.25) is 11.8 Å². The SMILES string of the molecule is CCCCCSCN(C(=O)[C@@H](NC(=O)[C@H]1CCCCN1C)[C@@H](C)CC)[C@H](C[C@@H](OC(C)=O)c1nc(C(=O)N[C@@H](Cc2ccc(O)cc2)C[C@H](C)C(=O)O)cs1)C(C)C. The molecule has 0 spiro atoms. The van der Waals surface area contributed by atoms with Gasteiger partial charge >= 0.3 is 11.9 Å². The number of benzene rings is 1. The Kier molecular flexibility index (Phi) is 20.5. The number of ether oxygens (including phenoxy) is 1. The molecule has 15 heteroatoms. The predicted molar refractivity (Wildman–Crippen MR) is 230 cm³/mol. The molecule has 4 N–H and O–H groups in total. The number of phenolic OH excluding ortho intramolecular Hbond substituents is 1. The number of amides is 3. The third kappa shape index (κ3) is 15.2. The standard InChI is InChI=1S/C43H67N5O8S2/c1-9-11-14-21-57-26-48(42(53)38(28(5)10-2)46-40(52)35-15-12-13-20-47(35)8)36(27(3)4)24-37(56-30(7)49)41-45-34(25-58-41)39(51)44-32(22-29(6)43(54)55)23-31-16-18-33(50)19-17-31/h16-19,25,27-29,32,35-38,50H,9-15,20-24,26H2,1-8H3,(H,44,51)(H,46,52)(H,54,55)/t28-,29-,32+,35+,36+,37+,38-/m0/s1. The highest BCUT2D eigenvalue weighted by Crippen LogP contribution is 2.33. The lowest BCUT2D eigenvalue weighted by Crippen LogP contribution is -2.58. The van der Waals surface area contributed by atoms with E-state index in [2.05, 4.69) is 27.4 Å². The molecule has 1 saturated heterocycles. The molecule has 0 radical (unpaired) electrons. The smallest absolute Gasteiger partial charge is 0.306 e. The monoisotopic (exact) mass is 845 g/mol. The minimum atomic E-state index is -0.980. The largest absolute Gasteiger partial charge is 0.508 e. The van der Waals surface area contributed by atoms with E-state index in [9.17, 15) is 34.2 Å². The van der Waals surface area contributed by atoms with Crippen LogP contribution in [0.2, 0.25) is 0 Å². The first kappa shape index (κ1) is 48.7. The van der Waals surface area contributed by atoms with Gasteiger partial charge in [-0.1, -0.05) is 79.4 Å². The Hall–Kier alpha value is -3.69. The fourth-order valence-electron chi connectivity index (χ4n) is 7.27. The molecule has 0 bridgehead atoms. The Morgan fingerprint density at radius 2 is 1.74 bits per heavy atom. The number of esters is 1. The molecular weight excluding hydrogens is 779 g/mol. The minimum absolute atomic E-state index is 0.0735. The topological polar surface area (TPSA) is 178 Å². The molecule has 3 rings (SSSR count). The van der Waals surface area contributed by atoms with E-state index in [4.69, 9.17) is 4.74 Å². The summed E-state index contributed by atoms with van der Waals surface area (Å²) in [6.45, 7) is 13.9. The zero-order valence-corrected chi connectivity index (χ0v) is 37.3. The summed E-state index contributed by atoms with van der Waals surface area (Å²) >= 11 is 2.86. The Labute approximate surface area is 353 Å². The number of piperidine rings is 1. The molecule has 0 aliphatic carbocycles. The van der Waals surface area contributed by atoms with E-state index in [0.717, 1.165) is 56.4 Å². The number of carbonyl (C=O) groups is 5. The van der Waals surface area contributed by atoms with Crippen molar-refractivity contribution in [3.8, 4) is 5.75 Å².